The lowest BCUT2D eigenvalue weighted by Crippen LogP contribution is -2.23. The highest BCUT2D eigenvalue weighted by atomic mass is 35.5. The first-order chi connectivity index (χ1) is 12.5. The van der Waals surface area contributed by atoms with Gasteiger partial charge < -0.3 is 9.84 Å². The average Bonchev–Trinajstić information content (AvgIpc) is 3.09. The third kappa shape index (κ3) is 4.67. The Kier molecular flexibility index (Phi) is 5.63. The largest absolute Gasteiger partial charge is 0.352 e. The van der Waals surface area contributed by atoms with Crippen molar-refractivity contribution in [1.82, 2.24) is 15.5 Å². The van der Waals surface area contributed by atoms with E-state index in [-0.39, 0.29) is 23.9 Å². The number of aromatic nitrogens is 2. The molecule has 0 saturated heterocycles. The molecule has 3 rings (SSSR count). The SMILES string of the molecule is Cc1ccc(-c2noc(CCC(=O)NCc3ccc(F)cc3Cl)n2)cc1. The Labute approximate surface area is 155 Å². The molecule has 3 aromatic rings. The topological polar surface area (TPSA) is 68.0 Å². The predicted molar refractivity (Wildman–Crippen MR) is 96.0 cm³/mol. The highest BCUT2D eigenvalue weighted by Gasteiger charge is 2.11. The maximum Gasteiger partial charge on any atom is 0.227 e. The number of nitrogens with one attached hydrogen (secondary N) is 1. The number of halogens is 2. The molecule has 5 nitrogen and oxygen atoms in total. The van der Waals surface area contributed by atoms with Crippen LogP contribution in [0.5, 0.6) is 0 Å². The number of benzene rings is 2. The molecule has 7 heteroatoms. The van der Waals surface area contributed by atoms with Crippen molar-refractivity contribution in [3.63, 3.8) is 0 Å². The Hall–Kier alpha value is -2.73. The van der Waals surface area contributed by atoms with Gasteiger partial charge in [0.15, 0.2) is 0 Å². The second kappa shape index (κ2) is 8.10. The van der Waals surface area contributed by atoms with Crippen molar-refractivity contribution in [2.24, 2.45) is 0 Å². The lowest BCUT2D eigenvalue weighted by molar-refractivity contribution is -0.121. The smallest absolute Gasteiger partial charge is 0.227 e. The average molecular weight is 374 g/mol. The number of carbonyl (C=O) groups is 1. The van der Waals surface area contributed by atoms with Gasteiger partial charge in [0.1, 0.15) is 5.82 Å². The number of hydrogen-bond donors (Lipinski definition) is 1. The van der Waals surface area contributed by atoms with Crippen LogP contribution in [-0.2, 0) is 17.8 Å². The molecule has 2 aromatic carbocycles. The summed E-state index contributed by atoms with van der Waals surface area (Å²) in [5.74, 6) is 0.306. The van der Waals surface area contributed by atoms with Gasteiger partial charge >= 0.3 is 0 Å². The molecular formula is C19H17ClFN3O2. The molecule has 0 aliphatic heterocycles. The fourth-order valence-electron chi connectivity index (χ4n) is 2.34. The Morgan fingerprint density at radius 1 is 1.23 bits per heavy atom. The van der Waals surface area contributed by atoms with Gasteiger partial charge in [-0.05, 0) is 24.6 Å². The van der Waals surface area contributed by atoms with Gasteiger partial charge in [-0.2, -0.15) is 4.98 Å². The monoisotopic (exact) mass is 373 g/mol. The van der Waals surface area contributed by atoms with E-state index in [4.69, 9.17) is 16.1 Å². The van der Waals surface area contributed by atoms with Gasteiger partial charge in [-0.25, -0.2) is 4.39 Å². The zero-order valence-electron chi connectivity index (χ0n) is 14.1. The fourth-order valence-corrected chi connectivity index (χ4v) is 2.58. The van der Waals surface area contributed by atoms with E-state index >= 15 is 0 Å². The van der Waals surface area contributed by atoms with E-state index in [1.54, 1.807) is 6.07 Å². The Morgan fingerprint density at radius 2 is 2.00 bits per heavy atom. The van der Waals surface area contributed by atoms with Gasteiger partial charge in [0.2, 0.25) is 17.6 Å². The first-order valence-corrected chi connectivity index (χ1v) is 8.49. The second-order valence-electron chi connectivity index (χ2n) is 5.89. The normalized spacial score (nSPS) is 10.7. The fraction of sp³-hybridized carbons (Fsp3) is 0.211. The molecule has 26 heavy (non-hydrogen) atoms. The van der Waals surface area contributed by atoms with E-state index < -0.39 is 5.82 Å². The molecule has 134 valence electrons. The van der Waals surface area contributed by atoms with E-state index in [1.807, 2.05) is 31.2 Å². The van der Waals surface area contributed by atoms with Crippen LogP contribution < -0.4 is 5.32 Å². The van der Waals surface area contributed by atoms with Crippen molar-refractivity contribution in [2.45, 2.75) is 26.3 Å². The Morgan fingerprint density at radius 3 is 2.73 bits per heavy atom. The van der Waals surface area contributed by atoms with E-state index in [1.165, 1.54) is 12.1 Å². The zero-order chi connectivity index (χ0) is 18.5. The summed E-state index contributed by atoms with van der Waals surface area (Å²) in [5, 5.41) is 6.96. The molecule has 1 aromatic heterocycles. The molecule has 0 aliphatic carbocycles. The van der Waals surface area contributed by atoms with E-state index in [0.29, 0.717) is 23.7 Å². The van der Waals surface area contributed by atoms with Gasteiger partial charge in [-0.3, -0.25) is 4.79 Å². The van der Waals surface area contributed by atoms with E-state index in [0.717, 1.165) is 11.1 Å². The van der Waals surface area contributed by atoms with Crippen molar-refractivity contribution >= 4 is 17.5 Å². The number of rotatable bonds is 6. The van der Waals surface area contributed by atoms with Gasteiger partial charge in [0.05, 0.1) is 0 Å². The lowest BCUT2D eigenvalue weighted by Gasteiger charge is -2.06. The predicted octanol–water partition coefficient (Wildman–Crippen LogP) is 4.09. The summed E-state index contributed by atoms with van der Waals surface area (Å²) < 4.78 is 18.2. The Bertz CT molecular complexity index is 909. The summed E-state index contributed by atoms with van der Waals surface area (Å²) in [5.41, 5.74) is 2.66. The summed E-state index contributed by atoms with van der Waals surface area (Å²) in [7, 11) is 0. The molecule has 1 amide bonds. The Balaban J connectivity index is 1.51. The summed E-state index contributed by atoms with van der Waals surface area (Å²) in [6.45, 7) is 2.24. The van der Waals surface area contributed by atoms with Crippen LogP contribution in [-0.4, -0.2) is 16.0 Å². The molecule has 0 fully saturated rings. The number of aryl methyl sites for hydroxylation is 2. The second-order valence-corrected chi connectivity index (χ2v) is 6.30. The minimum Gasteiger partial charge on any atom is -0.352 e. The summed E-state index contributed by atoms with van der Waals surface area (Å²) in [6.07, 6.45) is 0.538. The van der Waals surface area contributed by atoms with Gasteiger partial charge in [0, 0.05) is 30.0 Å². The molecule has 0 unspecified atom stereocenters. The zero-order valence-corrected chi connectivity index (χ0v) is 14.9. The standard InChI is InChI=1S/C19H17ClFN3O2/c1-12-2-4-13(5-3-12)19-23-18(26-24-19)9-8-17(25)22-11-14-6-7-15(21)10-16(14)20/h2-7,10H,8-9,11H2,1H3,(H,22,25). The first kappa shape index (κ1) is 18.1. The highest BCUT2D eigenvalue weighted by Crippen LogP contribution is 2.18. The van der Waals surface area contributed by atoms with Crippen molar-refractivity contribution in [1.29, 1.82) is 0 Å². The maximum absolute atomic E-state index is 13.0. The van der Waals surface area contributed by atoms with Crippen LogP contribution in [0.15, 0.2) is 47.0 Å². The summed E-state index contributed by atoms with van der Waals surface area (Å²) >= 11 is 5.93. The minimum atomic E-state index is -0.411. The van der Waals surface area contributed by atoms with Gasteiger partial charge in [-0.1, -0.05) is 52.7 Å². The first-order valence-electron chi connectivity index (χ1n) is 8.11. The van der Waals surface area contributed by atoms with E-state index in [9.17, 15) is 9.18 Å². The molecule has 0 saturated carbocycles. The maximum atomic E-state index is 13.0. The van der Waals surface area contributed by atoms with Crippen LogP contribution in [0.25, 0.3) is 11.4 Å². The summed E-state index contributed by atoms with van der Waals surface area (Å²) in [4.78, 5) is 16.3. The van der Waals surface area contributed by atoms with Crippen molar-refractivity contribution < 1.29 is 13.7 Å². The van der Waals surface area contributed by atoms with Crippen LogP contribution in [0.3, 0.4) is 0 Å². The molecule has 0 aliphatic rings. The molecule has 0 atom stereocenters. The summed E-state index contributed by atoms with van der Waals surface area (Å²) in [6, 6.07) is 11.8. The van der Waals surface area contributed by atoms with Crippen molar-refractivity contribution in [2.75, 3.05) is 0 Å². The number of nitrogens with zero attached hydrogens (tertiary/aromatic N) is 2. The lowest BCUT2D eigenvalue weighted by atomic mass is 10.1. The van der Waals surface area contributed by atoms with Crippen LogP contribution in [0, 0.1) is 12.7 Å². The van der Waals surface area contributed by atoms with Crippen LogP contribution >= 0.6 is 11.6 Å². The number of amides is 1. The third-order valence-corrected chi connectivity index (χ3v) is 4.19. The molecule has 1 N–H and O–H groups in total. The van der Waals surface area contributed by atoms with Crippen molar-refractivity contribution in [3.05, 3.63) is 70.3 Å². The van der Waals surface area contributed by atoms with E-state index in [2.05, 4.69) is 15.5 Å². The number of carbonyl (C=O) groups excluding carboxylic acids is 1. The van der Waals surface area contributed by atoms with Gasteiger partial charge in [0.25, 0.3) is 0 Å². The molecular weight excluding hydrogens is 357 g/mol. The number of hydrogen-bond acceptors (Lipinski definition) is 4. The van der Waals surface area contributed by atoms with Crippen LogP contribution in [0.1, 0.15) is 23.4 Å². The van der Waals surface area contributed by atoms with Crippen LogP contribution in [0.2, 0.25) is 5.02 Å². The molecule has 0 bridgehead atoms. The quantitative estimate of drug-likeness (QED) is 0.706. The molecule has 1 heterocycles. The molecule has 0 radical (unpaired) electrons. The highest BCUT2D eigenvalue weighted by molar-refractivity contribution is 6.31. The van der Waals surface area contributed by atoms with Crippen molar-refractivity contribution in [3.8, 4) is 11.4 Å². The van der Waals surface area contributed by atoms with Crippen LogP contribution in [0.4, 0.5) is 4.39 Å². The third-order valence-electron chi connectivity index (χ3n) is 3.83. The minimum absolute atomic E-state index is 0.180. The van der Waals surface area contributed by atoms with Gasteiger partial charge in [-0.15, -0.1) is 0 Å². The molecule has 0 spiro atoms.